The molecule has 1 saturated carbocycles. The average molecular weight is 380 g/mol. The number of carbonyl (C=O) groups excluding carboxylic acids is 2. The highest BCUT2D eigenvalue weighted by atomic mass is 16.5. The van der Waals surface area contributed by atoms with Crippen LogP contribution in [-0.4, -0.2) is 24.5 Å². The molecule has 0 bridgehead atoms. The summed E-state index contributed by atoms with van der Waals surface area (Å²) in [4.78, 5) is 24.8. The Morgan fingerprint density at radius 3 is 2.39 bits per heavy atom. The van der Waals surface area contributed by atoms with Crippen LogP contribution in [0.15, 0.2) is 48.5 Å². The maximum absolute atomic E-state index is 12.5. The number of rotatable bonds is 7. The molecule has 2 amide bonds. The van der Waals surface area contributed by atoms with Crippen LogP contribution in [0.4, 0.5) is 5.69 Å². The van der Waals surface area contributed by atoms with Crippen LogP contribution in [0, 0.1) is 5.92 Å². The van der Waals surface area contributed by atoms with E-state index in [1.165, 1.54) is 12.8 Å². The van der Waals surface area contributed by atoms with Crippen molar-refractivity contribution in [3.63, 3.8) is 0 Å². The highest BCUT2D eigenvalue weighted by molar-refractivity contribution is 6.04. The van der Waals surface area contributed by atoms with E-state index in [1.807, 2.05) is 6.07 Å². The summed E-state index contributed by atoms with van der Waals surface area (Å²) in [5.74, 6) is 0.833. The summed E-state index contributed by atoms with van der Waals surface area (Å²) in [5.41, 5.74) is 1.79. The van der Waals surface area contributed by atoms with E-state index in [-0.39, 0.29) is 17.9 Å². The summed E-state index contributed by atoms with van der Waals surface area (Å²) in [6.45, 7) is 4.76. The molecule has 28 heavy (non-hydrogen) atoms. The van der Waals surface area contributed by atoms with Gasteiger partial charge in [0.05, 0.1) is 6.61 Å². The zero-order valence-electron chi connectivity index (χ0n) is 16.5. The molecule has 1 aliphatic rings. The standard InChI is InChI=1S/C23H28N2O3/c1-16(2)15-28-21-9-5-6-18(14-21)23(27)25-20-12-10-17(11-13-20)22(26)24-19-7-3-4-8-19/h5-6,9-14,16,19H,3-4,7-8,15H2,1-2H3,(H,24,26)(H,25,27). The molecular weight excluding hydrogens is 352 g/mol. The zero-order valence-corrected chi connectivity index (χ0v) is 16.5. The lowest BCUT2D eigenvalue weighted by molar-refractivity contribution is 0.0937. The molecule has 0 atom stereocenters. The predicted octanol–water partition coefficient (Wildman–Crippen LogP) is 4.65. The SMILES string of the molecule is CC(C)COc1cccc(C(=O)Nc2ccc(C(=O)NC3CCCC3)cc2)c1. The number of amides is 2. The van der Waals surface area contributed by atoms with Gasteiger partial charge in [-0.1, -0.05) is 32.8 Å². The molecule has 5 nitrogen and oxygen atoms in total. The van der Waals surface area contributed by atoms with Crippen molar-refractivity contribution >= 4 is 17.5 Å². The summed E-state index contributed by atoms with van der Waals surface area (Å²) in [7, 11) is 0. The van der Waals surface area contributed by atoms with Crippen LogP contribution < -0.4 is 15.4 Å². The zero-order chi connectivity index (χ0) is 19.9. The van der Waals surface area contributed by atoms with Gasteiger partial charge in [0.1, 0.15) is 5.75 Å². The van der Waals surface area contributed by atoms with Gasteiger partial charge in [-0.15, -0.1) is 0 Å². The molecule has 0 radical (unpaired) electrons. The molecule has 2 aromatic carbocycles. The van der Waals surface area contributed by atoms with E-state index in [1.54, 1.807) is 42.5 Å². The van der Waals surface area contributed by atoms with Crippen molar-refractivity contribution < 1.29 is 14.3 Å². The van der Waals surface area contributed by atoms with Gasteiger partial charge in [0, 0.05) is 22.9 Å². The van der Waals surface area contributed by atoms with Gasteiger partial charge in [0.2, 0.25) is 0 Å². The Morgan fingerprint density at radius 1 is 1.00 bits per heavy atom. The number of hydrogen-bond acceptors (Lipinski definition) is 3. The van der Waals surface area contributed by atoms with Gasteiger partial charge in [-0.25, -0.2) is 0 Å². The molecule has 1 fully saturated rings. The Bertz CT molecular complexity index is 809. The largest absolute Gasteiger partial charge is 0.493 e. The summed E-state index contributed by atoms with van der Waals surface area (Å²) >= 11 is 0. The van der Waals surface area contributed by atoms with Gasteiger partial charge >= 0.3 is 0 Å². The Hall–Kier alpha value is -2.82. The van der Waals surface area contributed by atoms with Crippen molar-refractivity contribution in [3.05, 3.63) is 59.7 Å². The van der Waals surface area contributed by atoms with Crippen LogP contribution in [0.2, 0.25) is 0 Å². The fraction of sp³-hybridized carbons (Fsp3) is 0.391. The first-order valence-corrected chi connectivity index (χ1v) is 9.96. The Morgan fingerprint density at radius 2 is 1.71 bits per heavy atom. The van der Waals surface area contributed by atoms with E-state index >= 15 is 0 Å². The third kappa shape index (κ3) is 5.59. The number of nitrogens with one attached hydrogen (secondary N) is 2. The van der Waals surface area contributed by atoms with Crippen molar-refractivity contribution in [1.82, 2.24) is 5.32 Å². The fourth-order valence-electron chi connectivity index (χ4n) is 3.24. The summed E-state index contributed by atoms with van der Waals surface area (Å²) in [5, 5.41) is 5.93. The molecule has 0 unspecified atom stereocenters. The van der Waals surface area contributed by atoms with Crippen LogP contribution in [0.25, 0.3) is 0 Å². The molecule has 0 saturated heterocycles. The number of carbonyl (C=O) groups is 2. The van der Waals surface area contributed by atoms with Crippen molar-refractivity contribution in [3.8, 4) is 5.75 Å². The number of hydrogen-bond donors (Lipinski definition) is 2. The van der Waals surface area contributed by atoms with E-state index < -0.39 is 0 Å². The van der Waals surface area contributed by atoms with Crippen molar-refractivity contribution in [2.24, 2.45) is 5.92 Å². The number of anilines is 1. The van der Waals surface area contributed by atoms with Gasteiger partial charge in [-0.3, -0.25) is 9.59 Å². The molecule has 1 aliphatic carbocycles. The van der Waals surface area contributed by atoms with E-state index in [0.717, 1.165) is 12.8 Å². The minimum absolute atomic E-state index is 0.0558. The van der Waals surface area contributed by atoms with Crippen LogP contribution >= 0.6 is 0 Å². The summed E-state index contributed by atoms with van der Waals surface area (Å²) in [6, 6.07) is 14.4. The molecule has 2 N–H and O–H groups in total. The van der Waals surface area contributed by atoms with E-state index in [0.29, 0.717) is 35.1 Å². The van der Waals surface area contributed by atoms with Crippen molar-refractivity contribution in [2.45, 2.75) is 45.6 Å². The van der Waals surface area contributed by atoms with Gasteiger partial charge in [0.15, 0.2) is 0 Å². The fourth-order valence-corrected chi connectivity index (χ4v) is 3.24. The maximum Gasteiger partial charge on any atom is 0.255 e. The molecular formula is C23H28N2O3. The van der Waals surface area contributed by atoms with Crippen LogP contribution in [0.5, 0.6) is 5.75 Å². The van der Waals surface area contributed by atoms with E-state index in [4.69, 9.17) is 4.74 Å². The highest BCUT2D eigenvalue weighted by Gasteiger charge is 2.18. The molecule has 0 aromatic heterocycles. The lowest BCUT2D eigenvalue weighted by atomic mass is 10.1. The number of ether oxygens (including phenoxy) is 1. The van der Waals surface area contributed by atoms with Crippen molar-refractivity contribution in [2.75, 3.05) is 11.9 Å². The highest BCUT2D eigenvalue weighted by Crippen LogP contribution is 2.19. The quantitative estimate of drug-likeness (QED) is 0.735. The molecule has 3 rings (SSSR count). The normalized spacial score (nSPS) is 14.1. The minimum atomic E-state index is -0.210. The molecule has 2 aromatic rings. The average Bonchev–Trinajstić information content (AvgIpc) is 3.20. The first kappa shape index (κ1) is 19.9. The summed E-state index contributed by atoms with van der Waals surface area (Å²) < 4.78 is 5.68. The topological polar surface area (TPSA) is 67.4 Å². The third-order valence-electron chi connectivity index (χ3n) is 4.77. The first-order chi connectivity index (χ1) is 13.5. The Balaban J connectivity index is 1.58. The molecule has 5 heteroatoms. The van der Waals surface area contributed by atoms with Crippen LogP contribution in [0.3, 0.4) is 0 Å². The maximum atomic E-state index is 12.5. The van der Waals surface area contributed by atoms with Gasteiger partial charge in [-0.2, -0.15) is 0 Å². The van der Waals surface area contributed by atoms with Crippen molar-refractivity contribution in [1.29, 1.82) is 0 Å². The molecule has 0 heterocycles. The van der Waals surface area contributed by atoms with E-state index in [9.17, 15) is 9.59 Å². The molecule has 0 spiro atoms. The van der Waals surface area contributed by atoms with Crippen LogP contribution in [-0.2, 0) is 0 Å². The molecule has 148 valence electrons. The van der Waals surface area contributed by atoms with Crippen LogP contribution in [0.1, 0.15) is 60.2 Å². The predicted molar refractivity (Wildman–Crippen MR) is 111 cm³/mol. The Kier molecular flexibility index (Phi) is 6.69. The van der Waals surface area contributed by atoms with Gasteiger partial charge in [-0.05, 0) is 61.2 Å². The lowest BCUT2D eigenvalue weighted by Gasteiger charge is -2.12. The molecule has 0 aliphatic heterocycles. The van der Waals surface area contributed by atoms with E-state index in [2.05, 4.69) is 24.5 Å². The second-order valence-corrected chi connectivity index (χ2v) is 7.72. The second kappa shape index (κ2) is 9.40. The summed E-state index contributed by atoms with van der Waals surface area (Å²) in [6.07, 6.45) is 4.47. The lowest BCUT2D eigenvalue weighted by Crippen LogP contribution is -2.32. The van der Waals surface area contributed by atoms with Gasteiger partial charge in [0.25, 0.3) is 11.8 Å². The third-order valence-corrected chi connectivity index (χ3v) is 4.77. The number of benzene rings is 2. The second-order valence-electron chi connectivity index (χ2n) is 7.72. The minimum Gasteiger partial charge on any atom is -0.493 e. The first-order valence-electron chi connectivity index (χ1n) is 9.96. The monoisotopic (exact) mass is 380 g/mol. The Labute approximate surface area is 166 Å². The smallest absolute Gasteiger partial charge is 0.255 e. The van der Waals surface area contributed by atoms with Gasteiger partial charge < -0.3 is 15.4 Å².